The fourth-order valence-corrected chi connectivity index (χ4v) is 2.52. The summed E-state index contributed by atoms with van der Waals surface area (Å²) in [4.78, 5) is 30.4. The molecule has 2 rings (SSSR count). The van der Waals surface area contributed by atoms with Crippen molar-refractivity contribution in [3.8, 4) is 5.75 Å². The van der Waals surface area contributed by atoms with Gasteiger partial charge in [0.05, 0.1) is 9.95 Å². The Bertz CT molecular complexity index is 852. The number of nitrogens with one attached hydrogen (secondary N) is 3. The van der Waals surface area contributed by atoms with Crippen LogP contribution in [0.15, 0.2) is 24.5 Å². The van der Waals surface area contributed by atoms with E-state index in [2.05, 4.69) is 26.1 Å². The van der Waals surface area contributed by atoms with Gasteiger partial charge in [0, 0.05) is 11.6 Å². The Balaban J connectivity index is 1.98. The number of rotatable bonds is 10. The highest BCUT2D eigenvalue weighted by molar-refractivity contribution is 6.35. The van der Waals surface area contributed by atoms with Crippen LogP contribution < -0.4 is 20.9 Å². The van der Waals surface area contributed by atoms with Crippen LogP contribution >= 0.6 is 23.2 Å². The molecule has 0 atom stereocenters. The van der Waals surface area contributed by atoms with E-state index in [1.165, 1.54) is 12.1 Å². The van der Waals surface area contributed by atoms with Crippen LogP contribution in [0, 0.1) is 10.1 Å². The molecule has 0 aliphatic heterocycles. The molecule has 1 aromatic carbocycles. The molecule has 0 aliphatic rings. The number of ether oxygens (including phenoxy) is 1. The second-order valence-corrected chi connectivity index (χ2v) is 6.34. The number of hydrogen-bond donors (Lipinski definition) is 3. The van der Waals surface area contributed by atoms with Gasteiger partial charge in [-0.15, -0.1) is 0 Å². The van der Waals surface area contributed by atoms with E-state index in [4.69, 9.17) is 27.9 Å². The van der Waals surface area contributed by atoms with Crippen LogP contribution in [0.3, 0.4) is 0 Å². The molecule has 0 saturated carbocycles. The Hall–Kier alpha value is -2.85. The summed E-state index contributed by atoms with van der Waals surface area (Å²) in [5, 5.41) is 14.9. The van der Waals surface area contributed by atoms with Crippen molar-refractivity contribution in [3.63, 3.8) is 0 Å². The smallest absolute Gasteiger partial charge is 0.354 e. The molecule has 0 saturated heterocycles. The number of hydrazine groups is 1. The molecule has 0 aliphatic carbocycles. The summed E-state index contributed by atoms with van der Waals surface area (Å²) < 4.78 is 5.29. The Morgan fingerprint density at radius 1 is 1.29 bits per heavy atom. The molecule has 28 heavy (non-hydrogen) atoms. The van der Waals surface area contributed by atoms with Crippen LogP contribution in [0.5, 0.6) is 5.75 Å². The second kappa shape index (κ2) is 10.5. The van der Waals surface area contributed by atoms with Gasteiger partial charge in [0.25, 0.3) is 5.91 Å². The van der Waals surface area contributed by atoms with Gasteiger partial charge in [0.2, 0.25) is 11.6 Å². The predicted octanol–water partition coefficient (Wildman–Crippen LogP) is 3.43. The van der Waals surface area contributed by atoms with E-state index < -0.39 is 10.8 Å². The Kier molecular flexibility index (Phi) is 8.02. The number of benzene rings is 1. The van der Waals surface area contributed by atoms with Crippen molar-refractivity contribution in [3.05, 3.63) is 44.7 Å². The maximum absolute atomic E-state index is 11.9. The molecule has 3 N–H and O–H groups in total. The summed E-state index contributed by atoms with van der Waals surface area (Å²) in [6, 6.07) is 4.57. The van der Waals surface area contributed by atoms with Gasteiger partial charge in [0.1, 0.15) is 12.1 Å². The quantitative estimate of drug-likeness (QED) is 0.297. The molecule has 12 heteroatoms. The average molecular weight is 429 g/mol. The van der Waals surface area contributed by atoms with Crippen LogP contribution in [-0.2, 0) is 4.79 Å². The molecular formula is C16H18Cl2N6O4. The van der Waals surface area contributed by atoms with Crippen molar-refractivity contribution in [2.75, 3.05) is 23.9 Å². The molecule has 1 amide bonds. The Morgan fingerprint density at radius 2 is 2.04 bits per heavy atom. The Morgan fingerprint density at radius 3 is 2.71 bits per heavy atom. The van der Waals surface area contributed by atoms with Gasteiger partial charge in [-0.1, -0.05) is 36.5 Å². The molecule has 1 heterocycles. The van der Waals surface area contributed by atoms with E-state index in [9.17, 15) is 14.9 Å². The number of aromatic nitrogens is 2. The lowest BCUT2D eigenvalue weighted by Crippen LogP contribution is -2.34. The lowest BCUT2D eigenvalue weighted by atomic mass is 10.3. The van der Waals surface area contributed by atoms with Gasteiger partial charge >= 0.3 is 5.69 Å². The average Bonchev–Trinajstić information content (AvgIpc) is 2.65. The fraction of sp³-hybridized carbons (Fsp3) is 0.312. The van der Waals surface area contributed by atoms with Crippen molar-refractivity contribution < 1.29 is 14.5 Å². The first kappa shape index (κ1) is 21.5. The summed E-state index contributed by atoms with van der Waals surface area (Å²) >= 11 is 11.7. The first-order chi connectivity index (χ1) is 13.4. The topological polar surface area (TPSA) is 131 Å². The van der Waals surface area contributed by atoms with Gasteiger partial charge < -0.3 is 10.1 Å². The Labute approximate surface area is 170 Å². The molecule has 2 aromatic rings. The number of nitrogens with zero attached hydrogens (tertiary/aromatic N) is 3. The summed E-state index contributed by atoms with van der Waals surface area (Å²) in [7, 11) is 0. The zero-order valence-electron chi connectivity index (χ0n) is 14.9. The van der Waals surface area contributed by atoms with Crippen molar-refractivity contribution in [2.24, 2.45) is 0 Å². The van der Waals surface area contributed by atoms with Gasteiger partial charge in [-0.3, -0.25) is 25.8 Å². The molecule has 0 spiro atoms. The maximum atomic E-state index is 11.9. The monoisotopic (exact) mass is 428 g/mol. The summed E-state index contributed by atoms with van der Waals surface area (Å²) in [5.74, 6) is -0.415. The van der Waals surface area contributed by atoms with Gasteiger partial charge in [0.15, 0.2) is 6.61 Å². The minimum atomic E-state index is -0.632. The number of carbonyl (C=O) groups excluding carboxylic acids is 1. The van der Waals surface area contributed by atoms with Crippen molar-refractivity contribution in [2.45, 2.75) is 19.8 Å². The number of carbonyl (C=O) groups is 1. The third kappa shape index (κ3) is 6.10. The number of halogens is 2. The second-order valence-electron chi connectivity index (χ2n) is 5.49. The number of hydrogen-bond acceptors (Lipinski definition) is 8. The summed E-state index contributed by atoms with van der Waals surface area (Å²) in [6.07, 6.45) is 2.90. The standard InChI is InChI=1S/C16H18Cl2N6O4/c1-2-3-6-19-15-14(24(26)27)16(21-9-20-15)23-22-13(25)8-28-12-5-4-10(17)7-11(12)18/h4-5,7,9H,2-3,6,8H2,1H3,(H,22,25)(H2,19,20,21,23). The van der Waals surface area contributed by atoms with E-state index in [-0.39, 0.29) is 34.7 Å². The first-order valence-corrected chi connectivity index (χ1v) is 9.04. The zero-order chi connectivity index (χ0) is 20.5. The number of amides is 1. The maximum Gasteiger partial charge on any atom is 0.354 e. The number of nitro groups is 1. The minimum absolute atomic E-state index is 0.0643. The predicted molar refractivity (Wildman–Crippen MR) is 106 cm³/mol. The van der Waals surface area contributed by atoms with E-state index in [1.54, 1.807) is 6.07 Å². The van der Waals surface area contributed by atoms with Gasteiger partial charge in [-0.05, 0) is 24.6 Å². The molecule has 0 unspecified atom stereocenters. The summed E-state index contributed by atoms with van der Waals surface area (Å²) in [6.45, 7) is 2.14. The van der Waals surface area contributed by atoms with Crippen LogP contribution in [0.4, 0.5) is 17.3 Å². The lowest BCUT2D eigenvalue weighted by molar-refractivity contribution is -0.383. The molecule has 0 bridgehead atoms. The van der Waals surface area contributed by atoms with E-state index in [0.717, 1.165) is 19.2 Å². The van der Waals surface area contributed by atoms with Crippen LogP contribution in [0.1, 0.15) is 19.8 Å². The molecule has 10 nitrogen and oxygen atoms in total. The highest BCUT2D eigenvalue weighted by Crippen LogP contribution is 2.29. The molecule has 0 radical (unpaired) electrons. The van der Waals surface area contributed by atoms with E-state index in [1.807, 2.05) is 6.92 Å². The van der Waals surface area contributed by atoms with Gasteiger partial charge in [-0.2, -0.15) is 0 Å². The third-order valence-electron chi connectivity index (χ3n) is 3.40. The third-order valence-corrected chi connectivity index (χ3v) is 3.93. The highest BCUT2D eigenvalue weighted by Gasteiger charge is 2.23. The van der Waals surface area contributed by atoms with E-state index in [0.29, 0.717) is 11.6 Å². The lowest BCUT2D eigenvalue weighted by Gasteiger charge is -2.11. The highest BCUT2D eigenvalue weighted by atomic mass is 35.5. The van der Waals surface area contributed by atoms with Crippen molar-refractivity contribution in [1.82, 2.24) is 15.4 Å². The van der Waals surface area contributed by atoms with Crippen LogP contribution in [0.2, 0.25) is 10.0 Å². The largest absolute Gasteiger partial charge is 0.482 e. The van der Waals surface area contributed by atoms with Crippen LogP contribution in [-0.4, -0.2) is 34.0 Å². The zero-order valence-corrected chi connectivity index (χ0v) is 16.4. The van der Waals surface area contributed by atoms with Crippen molar-refractivity contribution in [1.29, 1.82) is 0 Å². The summed E-state index contributed by atoms with van der Waals surface area (Å²) in [5.41, 5.74) is 4.33. The first-order valence-electron chi connectivity index (χ1n) is 8.28. The van der Waals surface area contributed by atoms with Gasteiger partial charge in [-0.25, -0.2) is 9.97 Å². The minimum Gasteiger partial charge on any atom is -0.482 e. The molecule has 0 fully saturated rings. The molecule has 150 valence electrons. The van der Waals surface area contributed by atoms with Crippen molar-refractivity contribution >= 4 is 46.4 Å². The normalized spacial score (nSPS) is 10.2. The SMILES string of the molecule is CCCCNc1ncnc(NNC(=O)COc2ccc(Cl)cc2Cl)c1[N+](=O)[O-]. The fourth-order valence-electron chi connectivity index (χ4n) is 2.06. The van der Waals surface area contributed by atoms with E-state index >= 15 is 0 Å². The molecular weight excluding hydrogens is 411 g/mol. The number of anilines is 2. The molecule has 1 aromatic heterocycles. The van der Waals surface area contributed by atoms with Crippen LogP contribution in [0.25, 0.3) is 0 Å². The number of unbranched alkanes of at least 4 members (excludes halogenated alkanes) is 1.